The molecule has 0 saturated carbocycles. The van der Waals surface area contributed by atoms with E-state index in [1.54, 1.807) is 0 Å². The molecule has 5 heteroatoms. The number of carbonyl (C=O) groups is 1. The van der Waals surface area contributed by atoms with Gasteiger partial charge in [0, 0.05) is 5.56 Å². The summed E-state index contributed by atoms with van der Waals surface area (Å²) in [5, 5.41) is 0. The highest BCUT2D eigenvalue weighted by Gasteiger charge is 2.39. The van der Waals surface area contributed by atoms with Gasteiger partial charge in [-0.3, -0.25) is 0 Å². The van der Waals surface area contributed by atoms with Gasteiger partial charge in [-0.1, -0.05) is 12.1 Å². The molecule has 3 nitrogen and oxygen atoms in total. The van der Waals surface area contributed by atoms with E-state index in [0.29, 0.717) is 0 Å². The SMILES string of the molecule is COC(=O)C(C)(F)c1cccc(F)c1OC. The number of alkyl halides is 1. The maximum Gasteiger partial charge on any atom is 0.348 e. The zero-order valence-electron chi connectivity index (χ0n) is 9.21. The Morgan fingerprint density at radius 1 is 1.38 bits per heavy atom. The van der Waals surface area contributed by atoms with Crippen molar-refractivity contribution in [3.63, 3.8) is 0 Å². The monoisotopic (exact) mass is 230 g/mol. The first kappa shape index (κ1) is 12.4. The van der Waals surface area contributed by atoms with Crippen LogP contribution in [0.3, 0.4) is 0 Å². The smallest absolute Gasteiger partial charge is 0.348 e. The summed E-state index contributed by atoms with van der Waals surface area (Å²) in [6, 6.07) is 3.70. The zero-order valence-corrected chi connectivity index (χ0v) is 9.21. The lowest BCUT2D eigenvalue weighted by atomic mass is 9.97. The average Bonchev–Trinajstić information content (AvgIpc) is 2.27. The summed E-state index contributed by atoms with van der Waals surface area (Å²) in [6.07, 6.45) is 0. The lowest BCUT2D eigenvalue weighted by Crippen LogP contribution is -2.29. The number of rotatable bonds is 3. The topological polar surface area (TPSA) is 35.5 Å². The van der Waals surface area contributed by atoms with Crippen LogP contribution in [0.15, 0.2) is 18.2 Å². The van der Waals surface area contributed by atoms with Gasteiger partial charge < -0.3 is 9.47 Å². The second kappa shape index (κ2) is 4.47. The number of esters is 1. The minimum Gasteiger partial charge on any atom is -0.493 e. The molecule has 0 bridgehead atoms. The van der Waals surface area contributed by atoms with Gasteiger partial charge in [0.15, 0.2) is 11.6 Å². The van der Waals surface area contributed by atoms with E-state index in [1.807, 2.05) is 0 Å². The fourth-order valence-corrected chi connectivity index (χ4v) is 1.39. The molecule has 1 atom stereocenters. The van der Waals surface area contributed by atoms with Gasteiger partial charge in [0.25, 0.3) is 0 Å². The molecular formula is C11H12F2O3. The Morgan fingerprint density at radius 2 is 2.00 bits per heavy atom. The molecule has 0 aliphatic rings. The molecule has 0 saturated heterocycles. The van der Waals surface area contributed by atoms with Gasteiger partial charge in [0.1, 0.15) is 0 Å². The number of hydrogen-bond donors (Lipinski definition) is 0. The highest BCUT2D eigenvalue weighted by Crippen LogP contribution is 2.35. The number of para-hydroxylation sites is 1. The fourth-order valence-electron chi connectivity index (χ4n) is 1.39. The Balaban J connectivity index is 3.32. The normalized spacial score (nSPS) is 14.1. The largest absolute Gasteiger partial charge is 0.493 e. The van der Waals surface area contributed by atoms with Crippen LogP contribution in [0.2, 0.25) is 0 Å². The van der Waals surface area contributed by atoms with E-state index in [1.165, 1.54) is 19.2 Å². The molecule has 0 heterocycles. The summed E-state index contributed by atoms with van der Waals surface area (Å²) in [5.74, 6) is -2.12. The van der Waals surface area contributed by atoms with E-state index in [2.05, 4.69) is 4.74 Å². The van der Waals surface area contributed by atoms with Gasteiger partial charge in [-0.15, -0.1) is 0 Å². The van der Waals surface area contributed by atoms with Crippen LogP contribution in [0.1, 0.15) is 12.5 Å². The Bertz CT molecular complexity index is 402. The lowest BCUT2D eigenvalue weighted by Gasteiger charge is -2.20. The van der Waals surface area contributed by atoms with Crippen LogP contribution in [0.5, 0.6) is 5.75 Å². The molecule has 0 aliphatic carbocycles. The van der Waals surface area contributed by atoms with Gasteiger partial charge in [0.05, 0.1) is 14.2 Å². The number of methoxy groups -OCH3 is 2. The molecule has 0 fully saturated rings. The third-order valence-corrected chi connectivity index (χ3v) is 2.25. The molecule has 16 heavy (non-hydrogen) atoms. The highest BCUT2D eigenvalue weighted by molar-refractivity contribution is 5.81. The number of hydrogen-bond acceptors (Lipinski definition) is 3. The number of carbonyl (C=O) groups excluding carboxylic acids is 1. The molecular weight excluding hydrogens is 218 g/mol. The van der Waals surface area contributed by atoms with E-state index < -0.39 is 17.5 Å². The van der Waals surface area contributed by atoms with Crippen LogP contribution in [-0.4, -0.2) is 20.2 Å². The Hall–Kier alpha value is -1.65. The summed E-state index contributed by atoms with van der Waals surface area (Å²) >= 11 is 0. The molecule has 1 aromatic rings. The highest BCUT2D eigenvalue weighted by atomic mass is 19.1. The first-order valence-corrected chi connectivity index (χ1v) is 4.55. The van der Waals surface area contributed by atoms with Gasteiger partial charge in [-0.2, -0.15) is 0 Å². The first-order valence-electron chi connectivity index (χ1n) is 4.55. The van der Waals surface area contributed by atoms with Crippen molar-refractivity contribution in [1.82, 2.24) is 0 Å². The molecule has 0 aliphatic heterocycles. The van der Waals surface area contributed by atoms with Crippen LogP contribution in [-0.2, 0) is 15.2 Å². The van der Waals surface area contributed by atoms with Crippen molar-refractivity contribution in [2.75, 3.05) is 14.2 Å². The average molecular weight is 230 g/mol. The quantitative estimate of drug-likeness (QED) is 0.747. The molecule has 1 unspecified atom stereocenters. The second-order valence-electron chi connectivity index (χ2n) is 3.32. The van der Waals surface area contributed by atoms with Crippen molar-refractivity contribution in [3.8, 4) is 5.75 Å². The minimum absolute atomic E-state index is 0.193. The third-order valence-electron chi connectivity index (χ3n) is 2.25. The van der Waals surface area contributed by atoms with Crippen molar-refractivity contribution < 1.29 is 23.0 Å². The summed E-state index contributed by atoms with van der Waals surface area (Å²) < 4.78 is 36.5. The summed E-state index contributed by atoms with van der Waals surface area (Å²) in [4.78, 5) is 11.2. The zero-order chi connectivity index (χ0) is 12.3. The van der Waals surface area contributed by atoms with Crippen LogP contribution in [0.4, 0.5) is 8.78 Å². The van der Waals surface area contributed by atoms with Crippen molar-refractivity contribution in [2.45, 2.75) is 12.6 Å². The van der Waals surface area contributed by atoms with Crippen molar-refractivity contribution in [3.05, 3.63) is 29.6 Å². The maximum absolute atomic E-state index is 14.1. The Labute approximate surface area is 92.0 Å². The molecule has 88 valence electrons. The number of ether oxygens (including phenoxy) is 2. The predicted octanol–water partition coefficient (Wildman–Crippen LogP) is 2.19. The van der Waals surface area contributed by atoms with E-state index in [0.717, 1.165) is 20.1 Å². The Kier molecular flexibility index (Phi) is 3.47. The number of halogens is 2. The fraction of sp³-hybridized carbons (Fsp3) is 0.364. The minimum atomic E-state index is -2.44. The van der Waals surface area contributed by atoms with E-state index in [9.17, 15) is 13.6 Å². The Morgan fingerprint density at radius 3 is 2.50 bits per heavy atom. The van der Waals surface area contributed by atoms with Crippen LogP contribution in [0, 0.1) is 5.82 Å². The molecule has 1 rings (SSSR count). The van der Waals surface area contributed by atoms with Crippen LogP contribution >= 0.6 is 0 Å². The van der Waals surface area contributed by atoms with E-state index in [-0.39, 0.29) is 11.3 Å². The van der Waals surface area contributed by atoms with Gasteiger partial charge in [-0.25, -0.2) is 13.6 Å². The van der Waals surface area contributed by atoms with Crippen molar-refractivity contribution in [1.29, 1.82) is 0 Å². The third kappa shape index (κ3) is 1.98. The summed E-state index contributed by atoms with van der Waals surface area (Å²) in [5.41, 5.74) is -2.63. The van der Waals surface area contributed by atoms with Crippen LogP contribution < -0.4 is 4.74 Å². The van der Waals surface area contributed by atoms with E-state index in [4.69, 9.17) is 4.74 Å². The molecule has 0 spiro atoms. The van der Waals surface area contributed by atoms with Gasteiger partial charge >= 0.3 is 5.97 Å². The first-order chi connectivity index (χ1) is 7.45. The predicted molar refractivity (Wildman–Crippen MR) is 53.4 cm³/mol. The van der Waals surface area contributed by atoms with Crippen molar-refractivity contribution >= 4 is 5.97 Å². The number of benzene rings is 1. The van der Waals surface area contributed by atoms with E-state index >= 15 is 0 Å². The van der Waals surface area contributed by atoms with Crippen LogP contribution in [0.25, 0.3) is 0 Å². The standard InChI is InChI=1S/C11H12F2O3/c1-11(13,10(14)16-3)7-5-4-6-8(12)9(7)15-2/h4-6H,1-3H3. The molecule has 0 radical (unpaired) electrons. The van der Waals surface area contributed by atoms with Gasteiger partial charge in [-0.05, 0) is 13.0 Å². The summed E-state index contributed by atoms with van der Waals surface area (Å²) in [6.45, 7) is 0.996. The molecule has 0 aromatic heterocycles. The maximum atomic E-state index is 14.1. The molecule has 0 N–H and O–H groups in total. The second-order valence-corrected chi connectivity index (χ2v) is 3.32. The lowest BCUT2D eigenvalue weighted by molar-refractivity contribution is -0.154. The van der Waals surface area contributed by atoms with Crippen molar-refractivity contribution in [2.24, 2.45) is 0 Å². The van der Waals surface area contributed by atoms with Gasteiger partial charge in [0.2, 0.25) is 5.67 Å². The molecule has 1 aromatic carbocycles. The summed E-state index contributed by atoms with van der Waals surface area (Å²) in [7, 11) is 2.27. The molecule has 0 amide bonds.